The molecule has 1 N–H and O–H groups in total. The molecule has 2 aliphatic rings. The third-order valence-electron chi connectivity index (χ3n) is 3.92. The molecule has 0 spiro atoms. The first-order valence-electron chi connectivity index (χ1n) is 7.43. The molecule has 3 rings (SSSR count). The van der Waals surface area contributed by atoms with Crippen molar-refractivity contribution in [3.05, 3.63) is 23.2 Å². The van der Waals surface area contributed by atoms with Crippen LogP contribution in [0.2, 0.25) is 0 Å². The molecular formula is C15H24N2O2. The van der Waals surface area contributed by atoms with Gasteiger partial charge in [-0.15, -0.1) is 0 Å². The zero-order valence-corrected chi connectivity index (χ0v) is 11.8. The molecule has 0 radical (unpaired) electrons. The van der Waals surface area contributed by atoms with E-state index in [1.807, 2.05) is 0 Å². The molecule has 0 atom stereocenters. The number of aryl methyl sites for hydroxylation is 1. The molecule has 1 saturated carbocycles. The van der Waals surface area contributed by atoms with Gasteiger partial charge in [0.1, 0.15) is 11.5 Å². The molecule has 0 bridgehead atoms. The Hall–Kier alpha value is -0.840. The van der Waals surface area contributed by atoms with Gasteiger partial charge < -0.3 is 14.5 Å². The van der Waals surface area contributed by atoms with Crippen LogP contribution in [-0.4, -0.2) is 37.2 Å². The van der Waals surface area contributed by atoms with E-state index >= 15 is 0 Å². The SMILES string of the molecule is Cc1oc(CNC2CC2)cc1CN1CCCOCC1. The first kappa shape index (κ1) is 13.2. The van der Waals surface area contributed by atoms with E-state index in [1.165, 1.54) is 18.4 Å². The fourth-order valence-corrected chi connectivity index (χ4v) is 2.56. The van der Waals surface area contributed by atoms with Gasteiger partial charge in [-0.2, -0.15) is 0 Å². The maximum atomic E-state index is 5.85. The van der Waals surface area contributed by atoms with Crippen molar-refractivity contribution in [1.29, 1.82) is 0 Å². The van der Waals surface area contributed by atoms with Crippen molar-refractivity contribution in [2.75, 3.05) is 26.3 Å². The number of hydrogen-bond donors (Lipinski definition) is 1. The van der Waals surface area contributed by atoms with E-state index in [1.54, 1.807) is 0 Å². The number of hydrogen-bond acceptors (Lipinski definition) is 4. The average Bonchev–Trinajstić information content (AvgIpc) is 3.18. The van der Waals surface area contributed by atoms with E-state index in [4.69, 9.17) is 9.15 Å². The summed E-state index contributed by atoms with van der Waals surface area (Å²) in [6.45, 7) is 7.84. The summed E-state index contributed by atoms with van der Waals surface area (Å²) >= 11 is 0. The summed E-state index contributed by atoms with van der Waals surface area (Å²) in [6.07, 6.45) is 3.77. The molecule has 1 aromatic rings. The highest BCUT2D eigenvalue weighted by atomic mass is 16.5. The Morgan fingerprint density at radius 1 is 1.32 bits per heavy atom. The first-order chi connectivity index (χ1) is 9.31. The second-order valence-corrected chi connectivity index (χ2v) is 5.69. The van der Waals surface area contributed by atoms with Crippen LogP contribution in [0.3, 0.4) is 0 Å². The number of furan rings is 1. The normalized spacial score (nSPS) is 21.5. The van der Waals surface area contributed by atoms with E-state index in [0.717, 1.165) is 63.4 Å². The van der Waals surface area contributed by atoms with Crippen LogP contribution in [-0.2, 0) is 17.8 Å². The van der Waals surface area contributed by atoms with Gasteiger partial charge in [0.2, 0.25) is 0 Å². The Kier molecular flexibility index (Phi) is 4.21. The van der Waals surface area contributed by atoms with E-state index in [0.29, 0.717) is 0 Å². The fourth-order valence-electron chi connectivity index (χ4n) is 2.56. The molecule has 19 heavy (non-hydrogen) atoms. The van der Waals surface area contributed by atoms with Gasteiger partial charge in [-0.3, -0.25) is 4.90 Å². The van der Waals surface area contributed by atoms with E-state index in [-0.39, 0.29) is 0 Å². The van der Waals surface area contributed by atoms with Crippen molar-refractivity contribution >= 4 is 0 Å². The maximum Gasteiger partial charge on any atom is 0.118 e. The lowest BCUT2D eigenvalue weighted by Gasteiger charge is -2.18. The van der Waals surface area contributed by atoms with Gasteiger partial charge in [0.25, 0.3) is 0 Å². The van der Waals surface area contributed by atoms with Gasteiger partial charge in [-0.05, 0) is 32.3 Å². The zero-order chi connectivity index (χ0) is 13.1. The van der Waals surface area contributed by atoms with Crippen molar-refractivity contribution in [3.8, 4) is 0 Å². The Balaban J connectivity index is 1.56. The summed E-state index contributed by atoms with van der Waals surface area (Å²) in [4.78, 5) is 2.46. The van der Waals surface area contributed by atoms with E-state index in [9.17, 15) is 0 Å². The van der Waals surface area contributed by atoms with E-state index < -0.39 is 0 Å². The van der Waals surface area contributed by atoms with Crippen molar-refractivity contribution in [2.45, 2.75) is 45.3 Å². The van der Waals surface area contributed by atoms with Crippen LogP contribution in [0.25, 0.3) is 0 Å². The third kappa shape index (κ3) is 3.81. The summed E-state index contributed by atoms with van der Waals surface area (Å²) in [5.74, 6) is 2.14. The summed E-state index contributed by atoms with van der Waals surface area (Å²) in [7, 11) is 0. The van der Waals surface area contributed by atoms with Crippen molar-refractivity contribution in [1.82, 2.24) is 10.2 Å². The van der Waals surface area contributed by atoms with Gasteiger partial charge in [0.15, 0.2) is 0 Å². The van der Waals surface area contributed by atoms with Gasteiger partial charge in [-0.25, -0.2) is 0 Å². The molecule has 2 heterocycles. The topological polar surface area (TPSA) is 37.6 Å². The molecular weight excluding hydrogens is 240 g/mol. The zero-order valence-electron chi connectivity index (χ0n) is 11.8. The summed E-state index contributed by atoms with van der Waals surface area (Å²) < 4.78 is 11.3. The standard InChI is InChI=1S/C15H24N2O2/c1-12-13(11-17-5-2-7-18-8-6-17)9-15(19-12)10-16-14-3-4-14/h9,14,16H,2-8,10-11H2,1H3. The first-order valence-corrected chi connectivity index (χ1v) is 7.43. The number of rotatable bonds is 5. The highest BCUT2D eigenvalue weighted by molar-refractivity contribution is 5.21. The predicted molar refractivity (Wildman–Crippen MR) is 74.0 cm³/mol. The van der Waals surface area contributed by atoms with Gasteiger partial charge in [-0.1, -0.05) is 0 Å². The van der Waals surface area contributed by atoms with Crippen molar-refractivity contribution in [2.24, 2.45) is 0 Å². The third-order valence-corrected chi connectivity index (χ3v) is 3.92. The minimum atomic E-state index is 0.733. The van der Waals surface area contributed by atoms with Crippen LogP contribution in [0.5, 0.6) is 0 Å². The Labute approximate surface area is 115 Å². The molecule has 1 saturated heterocycles. The minimum absolute atomic E-state index is 0.733. The molecule has 4 heteroatoms. The quantitative estimate of drug-likeness (QED) is 0.883. The Bertz CT molecular complexity index is 404. The lowest BCUT2D eigenvalue weighted by molar-refractivity contribution is 0.140. The molecule has 4 nitrogen and oxygen atoms in total. The summed E-state index contributed by atoms with van der Waals surface area (Å²) in [5, 5.41) is 3.50. The summed E-state index contributed by atoms with van der Waals surface area (Å²) in [5.41, 5.74) is 1.33. The lowest BCUT2D eigenvalue weighted by Crippen LogP contribution is -2.25. The van der Waals surface area contributed by atoms with Crippen LogP contribution in [0.15, 0.2) is 10.5 Å². The van der Waals surface area contributed by atoms with Crippen LogP contribution < -0.4 is 5.32 Å². The predicted octanol–water partition coefficient (Wildman–Crippen LogP) is 2.06. The highest BCUT2D eigenvalue weighted by Gasteiger charge is 2.21. The van der Waals surface area contributed by atoms with Crippen LogP contribution in [0.4, 0.5) is 0 Å². The van der Waals surface area contributed by atoms with Gasteiger partial charge in [0, 0.05) is 37.8 Å². The number of nitrogens with one attached hydrogen (secondary N) is 1. The molecule has 1 aliphatic carbocycles. The monoisotopic (exact) mass is 264 g/mol. The molecule has 0 unspecified atom stereocenters. The largest absolute Gasteiger partial charge is 0.465 e. The Morgan fingerprint density at radius 2 is 2.21 bits per heavy atom. The van der Waals surface area contributed by atoms with Crippen LogP contribution in [0.1, 0.15) is 36.3 Å². The molecule has 1 aliphatic heterocycles. The van der Waals surface area contributed by atoms with Crippen molar-refractivity contribution in [3.63, 3.8) is 0 Å². The Morgan fingerprint density at radius 3 is 3.05 bits per heavy atom. The summed E-state index contributed by atoms with van der Waals surface area (Å²) in [6, 6.07) is 2.95. The van der Waals surface area contributed by atoms with Crippen LogP contribution >= 0.6 is 0 Å². The van der Waals surface area contributed by atoms with E-state index in [2.05, 4.69) is 23.2 Å². The molecule has 1 aromatic heterocycles. The number of nitrogens with zero attached hydrogens (tertiary/aromatic N) is 1. The maximum absolute atomic E-state index is 5.85. The lowest BCUT2D eigenvalue weighted by atomic mass is 10.2. The highest BCUT2D eigenvalue weighted by Crippen LogP contribution is 2.21. The smallest absolute Gasteiger partial charge is 0.118 e. The fraction of sp³-hybridized carbons (Fsp3) is 0.733. The number of ether oxygens (including phenoxy) is 1. The van der Waals surface area contributed by atoms with Crippen molar-refractivity contribution < 1.29 is 9.15 Å². The molecule has 0 amide bonds. The van der Waals surface area contributed by atoms with Gasteiger partial charge in [0.05, 0.1) is 13.2 Å². The molecule has 106 valence electrons. The minimum Gasteiger partial charge on any atom is -0.465 e. The average molecular weight is 264 g/mol. The van der Waals surface area contributed by atoms with Crippen LogP contribution in [0, 0.1) is 6.92 Å². The second-order valence-electron chi connectivity index (χ2n) is 5.69. The molecule has 2 fully saturated rings. The molecule has 0 aromatic carbocycles. The van der Waals surface area contributed by atoms with Gasteiger partial charge >= 0.3 is 0 Å². The second kappa shape index (κ2) is 6.07.